The van der Waals surface area contributed by atoms with Crippen molar-refractivity contribution in [2.75, 3.05) is 0 Å². The molecule has 8 heteroatoms. The van der Waals surface area contributed by atoms with Crippen molar-refractivity contribution < 1.29 is 0 Å². The standard InChI is InChI=1S/C75H48N6SSi/c1-4-23-52(24-5-1)83(53-25-6-2-7-26-53,54-27-8-3-9-28-54)55-29-20-22-49(46-55)73-76-74(62-36-21-35-61-60-34-14-19-41-71(60)82-72(61)62)78-75(77-73)81-69-44-42-50(79-65-37-15-10-30-56(65)57-31-11-16-38-66(57)79)47-63(69)64-48-51(43-45-70(64)81)80-67-39-17-12-32-58(67)59-33-13-18-40-68(59)80/h1-48H. The normalized spacial score (nSPS) is 12.1. The Bertz CT molecular complexity index is 5030. The van der Waals surface area contributed by atoms with Crippen LogP contribution in [0.3, 0.4) is 0 Å². The Morgan fingerprint density at radius 2 is 0.687 bits per heavy atom. The van der Waals surface area contributed by atoms with E-state index in [9.17, 15) is 0 Å². The van der Waals surface area contributed by atoms with Crippen molar-refractivity contribution in [1.82, 2.24) is 28.7 Å². The van der Waals surface area contributed by atoms with Crippen molar-refractivity contribution in [2.45, 2.75) is 0 Å². The van der Waals surface area contributed by atoms with Gasteiger partial charge < -0.3 is 9.13 Å². The number of para-hydroxylation sites is 4. The van der Waals surface area contributed by atoms with Crippen molar-refractivity contribution >= 4 is 126 Å². The smallest absolute Gasteiger partial charge is 0.238 e. The molecule has 83 heavy (non-hydrogen) atoms. The fourth-order valence-corrected chi connectivity index (χ4v) is 19.5. The quantitative estimate of drug-likeness (QED) is 0.107. The van der Waals surface area contributed by atoms with E-state index in [1.165, 1.54) is 57.8 Å². The highest BCUT2D eigenvalue weighted by Gasteiger charge is 2.41. The Balaban J connectivity index is 0.954. The van der Waals surface area contributed by atoms with Gasteiger partial charge in [0, 0.05) is 75.0 Å². The Kier molecular flexibility index (Phi) is 10.7. The summed E-state index contributed by atoms with van der Waals surface area (Å²) in [6.07, 6.45) is 0. The summed E-state index contributed by atoms with van der Waals surface area (Å²) in [5, 5.41) is 14.6. The predicted molar refractivity (Wildman–Crippen MR) is 350 cm³/mol. The van der Waals surface area contributed by atoms with Gasteiger partial charge in [0.25, 0.3) is 0 Å². The molecule has 12 aromatic carbocycles. The zero-order chi connectivity index (χ0) is 54.6. The number of benzene rings is 12. The van der Waals surface area contributed by atoms with Gasteiger partial charge in [-0.05, 0) is 93.5 Å². The molecule has 0 spiro atoms. The first kappa shape index (κ1) is 47.3. The molecule has 0 N–H and O–H groups in total. The maximum absolute atomic E-state index is 5.69. The van der Waals surface area contributed by atoms with Crippen LogP contribution < -0.4 is 20.7 Å². The summed E-state index contributed by atoms with van der Waals surface area (Å²) in [6, 6.07) is 106. The molecule has 0 atom stereocenters. The van der Waals surface area contributed by atoms with Gasteiger partial charge in [-0.25, -0.2) is 4.98 Å². The fourth-order valence-electron chi connectivity index (χ4n) is 13.5. The maximum Gasteiger partial charge on any atom is 0.238 e. The van der Waals surface area contributed by atoms with Crippen LogP contribution in [0.25, 0.3) is 126 Å². The van der Waals surface area contributed by atoms with E-state index in [0.29, 0.717) is 17.6 Å². The highest BCUT2D eigenvalue weighted by atomic mass is 32.1. The number of hydrogen-bond acceptors (Lipinski definition) is 4. The Morgan fingerprint density at radius 1 is 0.277 bits per heavy atom. The average molecular weight is 1090 g/mol. The van der Waals surface area contributed by atoms with E-state index in [0.717, 1.165) is 71.1 Å². The molecule has 0 fully saturated rings. The number of thiophene rings is 1. The van der Waals surface area contributed by atoms with Gasteiger partial charge in [-0.2, -0.15) is 9.97 Å². The van der Waals surface area contributed by atoms with Crippen molar-refractivity contribution in [3.63, 3.8) is 0 Å². The second-order valence-corrected chi connectivity index (χ2v) is 26.3. The lowest BCUT2D eigenvalue weighted by Crippen LogP contribution is -2.74. The van der Waals surface area contributed by atoms with Gasteiger partial charge in [0.2, 0.25) is 5.95 Å². The first-order valence-electron chi connectivity index (χ1n) is 28.2. The van der Waals surface area contributed by atoms with E-state index in [-0.39, 0.29) is 0 Å². The van der Waals surface area contributed by atoms with Crippen LogP contribution in [-0.4, -0.2) is 36.7 Å². The molecule has 17 aromatic rings. The van der Waals surface area contributed by atoms with Crippen LogP contribution in [-0.2, 0) is 0 Å². The molecule has 0 saturated carbocycles. The number of fused-ring (bicyclic) bond motifs is 12. The van der Waals surface area contributed by atoms with Crippen LogP contribution >= 0.6 is 11.3 Å². The van der Waals surface area contributed by atoms with E-state index in [4.69, 9.17) is 15.0 Å². The zero-order valence-electron chi connectivity index (χ0n) is 44.8. The average Bonchev–Trinajstić information content (AvgIpc) is 3.25. The monoisotopic (exact) mass is 1090 g/mol. The van der Waals surface area contributed by atoms with Gasteiger partial charge in [0.15, 0.2) is 19.7 Å². The van der Waals surface area contributed by atoms with Crippen molar-refractivity contribution in [2.24, 2.45) is 0 Å². The molecular formula is C75H48N6SSi. The van der Waals surface area contributed by atoms with E-state index in [2.05, 4.69) is 305 Å². The second-order valence-electron chi connectivity index (χ2n) is 21.5. The van der Waals surface area contributed by atoms with Gasteiger partial charge in [-0.15, -0.1) is 11.3 Å². The summed E-state index contributed by atoms with van der Waals surface area (Å²) >= 11 is 1.79. The molecule has 0 bridgehead atoms. The molecule has 5 aromatic heterocycles. The summed E-state index contributed by atoms with van der Waals surface area (Å²) in [5.74, 6) is 1.75. The van der Waals surface area contributed by atoms with Gasteiger partial charge in [-0.1, -0.05) is 218 Å². The van der Waals surface area contributed by atoms with Gasteiger partial charge >= 0.3 is 0 Å². The van der Waals surface area contributed by atoms with E-state index < -0.39 is 8.07 Å². The summed E-state index contributed by atoms with van der Waals surface area (Å²) in [5.41, 5.74) is 10.6. The van der Waals surface area contributed by atoms with E-state index in [1.807, 2.05) is 0 Å². The molecule has 0 amide bonds. The lowest BCUT2D eigenvalue weighted by Gasteiger charge is -2.34. The third-order valence-electron chi connectivity index (χ3n) is 17.1. The van der Waals surface area contributed by atoms with Crippen LogP contribution in [0.1, 0.15) is 0 Å². The topological polar surface area (TPSA) is 53.5 Å². The molecular weight excluding hydrogens is 1050 g/mol. The molecule has 17 rings (SSSR count). The summed E-state index contributed by atoms with van der Waals surface area (Å²) in [4.78, 5) is 17.0. The highest BCUT2D eigenvalue weighted by Crippen LogP contribution is 2.42. The van der Waals surface area contributed by atoms with Crippen LogP contribution in [0.2, 0.25) is 0 Å². The Morgan fingerprint density at radius 3 is 1.20 bits per heavy atom. The van der Waals surface area contributed by atoms with Crippen LogP contribution in [0.5, 0.6) is 0 Å². The molecule has 0 unspecified atom stereocenters. The third kappa shape index (κ3) is 7.23. The molecule has 0 aliphatic heterocycles. The van der Waals surface area contributed by atoms with Crippen LogP contribution in [0.15, 0.2) is 291 Å². The fraction of sp³-hybridized carbons (Fsp3) is 0. The minimum atomic E-state index is -2.94. The lowest BCUT2D eigenvalue weighted by atomic mass is 10.1. The third-order valence-corrected chi connectivity index (χ3v) is 23.0. The number of hydrogen-bond donors (Lipinski definition) is 0. The zero-order valence-corrected chi connectivity index (χ0v) is 46.6. The first-order chi connectivity index (χ1) is 41.2. The van der Waals surface area contributed by atoms with Crippen LogP contribution in [0.4, 0.5) is 0 Å². The molecule has 0 aliphatic rings. The Labute approximate surface area is 482 Å². The SMILES string of the molecule is c1ccc([Si](c2ccccc2)(c2ccccc2)c2cccc(-c3nc(-c4cccc5c4sc4ccccc45)nc(-n4c5ccc(-n6c7ccccc7c7ccccc76)cc5c5cc(-n6c7ccccc7c7ccccc76)ccc54)n3)c2)cc1. The van der Waals surface area contributed by atoms with E-state index >= 15 is 0 Å². The molecule has 5 heterocycles. The van der Waals surface area contributed by atoms with Gasteiger partial charge in [0.1, 0.15) is 0 Å². The lowest BCUT2D eigenvalue weighted by molar-refractivity contribution is 0.954. The van der Waals surface area contributed by atoms with Crippen molar-refractivity contribution in [1.29, 1.82) is 0 Å². The van der Waals surface area contributed by atoms with Crippen LogP contribution in [0, 0.1) is 0 Å². The summed E-state index contributed by atoms with van der Waals surface area (Å²) in [6.45, 7) is 0. The molecule has 0 radical (unpaired) electrons. The molecule has 0 saturated heterocycles. The predicted octanol–water partition coefficient (Wildman–Crippen LogP) is 16.2. The minimum absolute atomic E-state index is 0.542. The number of rotatable bonds is 9. The first-order valence-corrected chi connectivity index (χ1v) is 31.0. The highest BCUT2D eigenvalue weighted by molar-refractivity contribution is 7.26. The minimum Gasteiger partial charge on any atom is -0.309 e. The van der Waals surface area contributed by atoms with E-state index in [1.54, 1.807) is 11.3 Å². The maximum atomic E-state index is 5.69. The molecule has 388 valence electrons. The Hall–Kier alpha value is -10.5. The molecule has 0 aliphatic carbocycles. The van der Waals surface area contributed by atoms with Gasteiger partial charge in [0.05, 0.1) is 33.1 Å². The number of nitrogens with zero attached hydrogens (tertiary/aromatic N) is 6. The van der Waals surface area contributed by atoms with Crippen molar-refractivity contribution in [3.05, 3.63) is 291 Å². The van der Waals surface area contributed by atoms with Gasteiger partial charge in [-0.3, -0.25) is 4.57 Å². The summed E-state index contributed by atoms with van der Waals surface area (Å²) < 4.78 is 9.46. The second kappa shape index (κ2) is 18.8. The number of aromatic nitrogens is 6. The summed E-state index contributed by atoms with van der Waals surface area (Å²) in [7, 11) is -2.94. The van der Waals surface area contributed by atoms with Crippen molar-refractivity contribution in [3.8, 4) is 40.1 Å². The molecule has 6 nitrogen and oxygen atoms in total. The largest absolute Gasteiger partial charge is 0.309 e.